The summed E-state index contributed by atoms with van der Waals surface area (Å²) in [7, 11) is 0. The van der Waals surface area contributed by atoms with E-state index in [0.717, 1.165) is 25.1 Å². The van der Waals surface area contributed by atoms with Crippen molar-refractivity contribution in [1.29, 1.82) is 0 Å². The lowest BCUT2D eigenvalue weighted by atomic mass is 10.0. The maximum atomic E-state index is 8.55. The quantitative estimate of drug-likeness (QED) is 0.297. The van der Waals surface area contributed by atoms with Crippen molar-refractivity contribution in [3.05, 3.63) is 17.8 Å². The molecule has 1 fully saturated rings. The zero-order chi connectivity index (χ0) is 12.3. The third kappa shape index (κ3) is 3.20. The highest BCUT2D eigenvalue weighted by molar-refractivity contribution is 5.80. The Morgan fingerprint density at radius 1 is 1.71 bits per heavy atom. The molecule has 0 unspecified atom stereocenters. The minimum atomic E-state index is 0.165. The van der Waals surface area contributed by atoms with Crippen molar-refractivity contribution in [1.82, 2.24) is 10.3 Å². The van der Waals surface area contributed by atoms with E-state index in [1.54, 1.807) is 6.20 Å². The topological polar surface area (TPSA) is 96.7 Å². The van der Waals surface area contributed by atoms with E-state index >= 15 is 0 Å². The molecule has 0 atom stereocenters. The number of oxazole rings is 1. The highest BCUT2D eigenvalue weighted by atomic mass is 16.4. The first-order valence-electron chi connectivity index (χ1n) is 5.72. The molecule has 0 bridgehead atoms. The van der Waals surface area contributed by atoms with Gasteiger partial charge in [-0.15, -0.1) is 0 Å². The van der Waals surface area contributed by atoms with Crippen LogP contribution in [0.3, 0.4) is 0 Å². The van der Waals surface area contributed by atoms with Gasteiger partial charge in [0.25, 0.3) is 0 Å². The SMILES string of the molecule is Cc1cnc(CNCC2(CC(N)=NO)CC2)o1. The van der Waals surface area contributed by atoms with Crippen molar-refractivity contribution in [2.75, 3.05) is 6.54 Å². The molecule has 1 heterocycles. The molecule has 1 aromatic rings. The van der Waals surface area contributed by atoms with E-state index < -0.39 is 0 Å². The predicted octanol–water partition coefficient (Wildman–Crippen LogP) is 0.989. The highest BCUT2D eigenvalue weighted by Crippen LogP contribution is 2.48. The van der Waals surface area contributed by atoms with Crippen LogP contribution in [0.4, 0.5) is 0 Å². The summed E-state index contributed by atoms with van der Waals surface area (Å²) in [6, 6.07) is 0. The molecule has 0 saturated heterocycles. The summed E-state index contributed by atoms with van der Waals surface area (Å²) in [5.41, 5.74) is 5.69. The van der Waals surface area contributed by atoms with Crippen LogP contribution in [-0.2, 0) is 6.54 Å². The Morgan fingerprint density at radius 3 is 3.00 bits per heavy atom. The average molecular weight is 238 g/mol. The number of hydrogen-bond acceptors (Lipinski definition) is 5. The number of nitrogens with one attached hydrogen (secondary N) is 1. The van der Waals surface area contributed by atoms with E-state index in [-0.39, 0.29) is 5.41 Å². The number of nitrogens with zero attached hydrogens (tertiary/aromatic N) is 2. The van der Waals surface area contributed by atoms with E-state index in [1.807, 2.05) is 6.92 Å². The highest BCUT2D eigenvalue weighted by Gasteiger charge is 2.42. The first-order chi connectivity index (χ1) is 8.13. The van der Waals surface area contributed by atoms with Gasteiger partial charge < -0.3 is 20.7 Å². The van der Waals surface area contributed by atoms with Crippen LogP contribution in [0.25, 0.3) is 0 Å². The lowest BCUT2D eigenvalue weighted by Crippen LogP contribution is -2.28. The van der Waals surface area contributed by atoms with Crippen molar-refractivity contribution in [3.8, 4) is 0 Å². The van der Waals surface area contributed by atoms with Gasteiger partial charge in [0.15, 0.2) is 0 Å². The van der Waals surface area contributed by atoms with Gasteiger partial charge in [-0.1, -0.05) is 5.16 Å². The monoisotopic (exact) mass is 238 g/mol. The molecule has 6 heteroatoms. The van der Waals surface area contributed by atoms with E-state index in [1.165, 1.54) is 0 Å². The summed E-state index contributed by atoms with van der Waals surface area (Å²) >= 11 is 0. The Balaban J connectivity index is 1.75. The molecule has 1 aromatic heterocycles. The van der Waals surface area contributed by atoms with Crippen LogP contribution in [-0.4, -0.2) is 22.6 Å². The number of nitrogens with two attached hydrogens (primary N) is 1. The summed E-state index contributed by atoms with van der Waals surface area (Å²) in [5, 5.41) is 14.9. The molecular weight excluding hydrogens is 220 g/mol. The van der Waals surface area contributed by atoms with Crippen molar-refractivity contribution in [3.63, 3.8) is 0 Å². The number of amidine groups is 1. The van der Waals surface area contributed by atoms with Crippen LogP contribution < -0.4 is 11.1 Å². The predicted molar refractivity (Wildman–Crippen MR) is 62.6 cm³/mol. The molecule has 0 radical (unpaired) electrons. The van der Waals surface area contributed by atoms with Gasteiger partial charge in [-0.3, -0.25) is 0 Å². The number of hydrogen-bond donors (Lipinski definition) is 3. The van der Waals surface area contributed by atoms with Gasteiger partial charge in [0.2, 0.25) is 5.89 Å². The Labute approximate surface area is 99.9 Å². The van der Waals surface area contributed by atoms with Gasteiger partial charge in [-0.25, -0.2) is 4.98 Å². The van der Waals surface area contributed by atoms with Crippen LogP contribution in [0.15, 0.2) is 15.8 Å². The molecule has 0 amide bonds. The zero-order valence-corrected chi connectivity index (χ0v) is 9.94. The Hall–Kier alpha value is -1.56. The summed E-state index contributed by atoms with van der Waals surface area (Å²) in [5.74, 6) is 1.82. The maximum absolute atomic E-state index is 8.55. The van der Waals surface area contributed by atoms with Gasteiger partial charge in [0.1, 0.15) is 11.6 Å². The molecule has 0 aliphatic heterocycles. The van der Waals surface area contributed by atoms with Crippen molar-refractivity contribution < 1.29 is 9.62 Å². The van der Waals surface area contributed by atoms with Crippen molar-refractivity contribution >= 4 is 5.84 Å². The standard InChI is InChI=1S/C11H18N4O2/c1-8-5-14-10(17-8)6-13-7-11(2-3-11)4-9(12)15-16/h5,13,16H,2-4,6-7H2,1H3,(H2,12,15). The number of rotatable bonds is 6. The van der Waals surface area contributed by atoms with Crippen LogP contribution in [0.1, 0.15) is 30.9 Å². The lowest BCUT2D eigenvalue weighted by Gasteiger charge is -2.14. The summed E-state index contributed by atoms with van der Waals surface area (Å²) in [6.45, 7) is 3.33. The summed E-state index contributed by atoms with van der Waals surface area (Å²) in [6.07, 6.45) is 4.57. The second kappa shape index (κ2) is 4.75. The fourth-order valence-corrected chi connectivity index (χ4v) is 1.93. The normalized spacial score (nSPS) is 18.3. The molecule has 1 saturated carbocycles. The number of aryl methyl sites for hydroxylation is 1. The van der Waals surface area contributed by atoms with Gasteiger partial charge in [-0.05, 0) is 25.2 Å². The maximum Gasteiger partial charge on any atom is 0.208 e. The third-order valence-corrected chi connectivity index (χ3v) is 3.09. The van der Waals surface area contributed by atoms with Gasteiger partial charge in [-0.2, -0.15) is 0 Å². The average Bonchev–Trinajstić information content (AvgIpc) is 2.93. The molecule has 1 aliphatic rings. The van der Waals surface area contributed by atoms with Crippen molar-refractivity contribution in [2.45, 2.75) is 32.7 Å². The van der Waals surface area contributed by atoms with E-state index in [2.05, 4.69) is 15.5 Å². The zero-order valence-electron chi connectivity index (χ0n) is 9.94. The fraction of sp³-hybridized carbons (Fsp3) is 0.636. The fourth-order valence-electron chi connectivity index (χ4n) is 1.93. The molecule has 4 N–H and O–H groups in total. The van der Waals surface area contributed by atoms with E-state index in [4.69, 9.17) is 15.4 Å². The second-order valence-corrected chi connectivity index (χ2v) is 4.74. The van der Waals surface area contributed by atoms with E-state index in [9.17, 15) is 0 Å². The minimum Gasteiger partial charge on any atom is -0.445 e. The number of aromatic nitrogens is 1. The molecular formula is C11H18N4O2. The molecule has 0 spiro atoms. The van der Waals surface area contributed by atoms with Crippen LogP contribution >= 0.6 is 0 Å². The molecule has 17 heavy (non-hydrogen) atoms. The molecule has 0 aromatic carbocycles. The molecule has 1 aliphatic carbocycles. The first-order valence-corrected chi connectivity index (χ1v) is 5.72. The number of oxime groups is 1. The van der Waals surface area contributed by atoms with Crippen LogP contribution in [0.2, 0.25) is 0 Å². The first kappa shape index (κ1) is 11.9. The molecule has 2 rings (SSSR count). The molecule has 6 nitrogen and oxygen atoms in total. The van der Waals surface area contributed by atoms with Crippen molar-refractivity contribution in [2.24, 2.45) is 16.3 Å². The third-order valence-electron chi connectivity index (χ3n) is 3.09. The van der Waals surface area contributed by atoms with Gasteiger partial charge >= 0.3 is 0 Å². The second-order valence-electron chi connectivity index (χ2n) is 4.74. The van der Waals surface area contributed by atoms with E-state index in [0.29, 0.717) is 24.7 Å². The van der Waals surface area contributed by atoms with Crippen LogP contribution in [0.5, 0.6) is 0 Å². The Bertz CT molecular complexity index is 409. The van der Waals surface area contributed by atoms with Gasteiger partial charge in [0, 0.05) is 13.0 Å². The minimum absolute atomic E-state index is 0.165. The lowest BCUT2D eigenvalue weighted by molar-refractivity contribution is 0.314. The summed E-state index contributed by atoms with van der Waals surface area (Å²) in [4.78, 5) is 4.12. The van der Waals surface area contributed by atoms with Crippen LogP contribution in [0, 0.1) is 12.3 Å². The smallest absolute Gasteiger partial charge is 0.208 e. The Kier molecular flexibility index (Phi) is 3.33. The summed E-state index contributed by atoms with van der Waals surface area (Å²) < 4.78 is 5.36. The largest absolute Gasteiger partial charge is 0.445 e. The molecule has 94 valence electrons. The van der Waals surface area contributed by atoms with Gasteiger partial charge in [0.05, 0.1) is 12.7 Å². The Morgan fingerprint density at radius 2 is 2.47 bits per heavy atom.